The van der Waals surface area contributed by atoms with Gasteiger partial charge in [-0.1, -0.05) is 29.8 Å². The SMILES string of the molecule is Fc1ccccc1C1=NNC(c2c(F)cccc2Cl)=NN1. The van der Waals surface area contributed by atoms with E-state index >= 15 is 0 Å². The Balaban J connectivity index is 1.89. The molecule has 0 atom stereocenters. The lowest BCUT2D eigenvalue weighted by Gasteiger charge is -2.16. The van der Waals surface area contributed by atoms with Crippen molar-refractivity contribution in [3.63, 3.8) is 0 Å². The van der Waals surface area contributed by atoms with Crippen LogP contribution in [0.15, 0.2) is 52.7 Å². The average molecular weight is 307 g/mol. The van der Waals surface area contributed by atoms with E-state index in [2.05, 4.69) is 21.1 Å². The van der Waals surface area contributed by atoms with E-state index < -0.39 is 11.6 Å². The van der Waals surface area contributed by atoms with Crippen molar-refractivity contribution in [1.82, 2.24) is 10.9 Å². The fraction of sp³-hybridized carbons (Fsp3) is 0. The molecule has 0 bridgehead atoms. The number of hydrazone groups is 2. The first-order valence-corrected chi connectivity index (χ1v) is 6.41. The predicted octanol–water partition coefficient (Wildman–Crippen LogP) is 2.83. The molecule has 106 valence electrons. The minimum atomic E-state index is -0.528. The van der Waals surface area contributed by atoms with Crippen molar-refractivity contribution < 1.29 is 8.78 Å². The third-order valence-corrected chi connectivity index (χ3v) is 3.19. The van der Waals surface area contributed by atoms with Gasteiger partial charge >= 0.3 is 0 Å². The van der Waals surface area contributed by atoms with Crippen molar-refractivity contribution in [2.45, 2.75) is 0 Å². The van der Waals surface area contributed by atoms with Gasteiger partial charge in [0.15, 0.2) is 11.7 Å². The van der Waals surface area contributed by atoms with Crippen LogP contribution in [0, 0.1) is 11.6 Å². The molecule has 1 heterocycles. The molecule has 0 aliphatic carbocycles. The highest BCUT2D eigenvalue weighted by molar-refractivity contribution is 6.34. The summed E-state index contributed by atoms with van der Waals surface area (Å²) in [7, 11) is 0. The van der Waals surface area contributed by atoms with Crippen molar-refractivity contribution in [3.8, 4) is 0 Å². The van der Waals surface area contributed by atoms with Crippen molar-refractivity contribution in [2.75, 3.05) is 0 Å². The number of benzene rings is 2. The first-order chi connectivity index (χ1) is 10.2. The number of nitrogens with zero attached hydrogens (tertiary/aromatic N) is 2. The maximum absolute atomic E-state index is 13.8. The Morgan fingerprint density at radius 3 is 2.14 bits per heavy atom. The lowest BCUT2D eigenvalue weighted by Crippen LogP contribution is -2.35. The monoisotopic (exact) mass is 306 g/mol. The molecule has 4 nitrogen and oxygen atoms in total. The lowest BCUT2D eigenvalue weighted by atomic mass is 10.2. The number of hydrogen-bond acceptors (Lipinski definition) is 4. The van der Waals surface area contributed by atoms with Gasteiger partial charge in [-0.25, -0.2) is 8.78 Å². The van der Waals surface area contributed by atoms with Crippen LogP contribution in [0.1, 0.15) is 11.1 Å². The van der Waals surface area contributed by atoms with Crippen LogP contribution in [0.25, 0.3) is 0 Å². The molecule has 1 aliphatic heterocycles. The summed E-state index contributed by atoms with van der Waals surface area (Å²) in [6.45, 7) is 0. The molecule has 0 saturated heterocycles. The average Bonchev–Trinajstić information content (AvgIpc) is 2.48. The van der Waals surface area contributed by atoms with E-state index in [1.807, 2.05) is 0 Å². The van der Waals surface area contributed by atoms with Gasteiger partial charge in [0.1, 0.15) is 11.6 Å². The van der Waals surface area contributed by atoms with Crippen LogP contribution in [0.3, 0.4) is 0 Å². The first kappa shape index (κ1) is 13.5. The number of rotatable bonds is 2. The Morgan fingerprint density at radius 1 is 0.810 bits per heavy atom. The maximum atomic E-state index is 13.8. The smallest absolute Gasteiger partial charge is 0.178 e. The summed E-state index contributed by atoms with van der Waals surface area (Å²) in [6.07, 6.45) is 0. The van der Waals surface area contributed by atoms with Crippen molar-refractivity contribution in [3.05, 3.63) is 70.2 Å². The van der Waals surface area contributed by atoms with E-state index in [1.54, 1.807) is 24.3 Å². The second kappa shape index (κ2) is 5.49. The molecular weight excluding hydrogens is 298 g/mol. The highest BCUT2D eigenvalue weighted by Gasteiger charge is 2.18. The van der Waals surface area contributed by atoms with Crippen LogP contribution in [0.4, 0.5) is 8.78 Å². The van der Waals surface area contributed by atoms with Crippen molar-refractivity contribution in [1.29, 1.82) is 0 Å². The zero-order valence-corrected chi connectivity index (χ0v) is 11.3. The Bertz CT molecular complexity index is 738. The molecule has 0 radical (unpaired) electrons. The molecule has 0 amide bonds. The summed E-state index contributed by atoms with van der Waals surface area (Å²) in [5, 5.41) is 8.12. The van der Waals surface area contributed by atoms with Crippen LogP contribution in [0.2, 0.25) is 5.02 Å². The molecule has 3 rings (SSSR count). The van der Waals surface area contributed by atoms with Gasteiger partial charge in [-0.15, -0.1) is 0 Å². The third-order valence-electron chi connectivity index (χ3n) is 2.88. The number of hydrogen-bond donors (Lipinski definition) is 2. The van der Waals surface area contributed by atoms with E-state index in [4.69, 9.17) is 11.6 Å². The van der Waals surface area contributed by atoms with E-state index in [1.165, 1.54) is 18.2 Å². The van der Waals surface area contributed by atoms with Gasteiger partial charge < -0.3 is 0 Å². The van der Waals surface area contributed by atoms with Gasteiger partial charge in [-0.05, 0) is 24.3 Å². The molecule has 0 unspecified atom stereocenters. The molecule has 0 saturated carbocycles. The highest BCUT2D eigenvalue weighted by atomic mass is 35.5. The van der Waals surface area contributed by atoms with Crippen molar-refractivity contribution in [2.24, 2.45) is 10.2 Å². The van der Waals surface area contributed by atoms with Gasteiger partial charge in [0.25, 0.3) is 0 Å². The fourth-order valence-electron chi connectivity index (χ4n) is 1.88. The summed E-state index contributed by atoms with van der Waals surface area (Å²) in [5.41, 5.74) is 5.52. The second-order valence-electron chi connectivity index (χ2n) is 4.22. The maximum Gasteiger partial charge on any atom is 0.178 e. The van der Waals surface area contributed by atoms with Crippen LogP contribution in [-0.4, -0.2) is 11.7 Å². The van der Waals surface area contributed by atoms with E-state index in [-0.39, 0.29) is 27.8 Å². The zero-order chi connectivity index (χ0) is 14.8. The molecule has 0 spiro atoms. The van der Waals surface area contributed by atoms with Crippen LogP contribution < -0.4 is 10.9 Å². The molecular formula is C14H9ClF2N4. The summed E-state index contributed by atoms with van der Waals surface area (Å²) in [6, 6.07) is 10.4. The topological polar surface area (TPSA) is 48.8 Å². The van der Waals surface area contributed by atoms with Crippen LogP contribution >= 0.6 is 11.6 Å². The molecule has 2 aromatic carbocycles. The van der Waals surface area contributed by atoms with Crippen molar-refractivity contribution >= 4 is 23.3 Å². The fourth-order valence-corrected chi connectivity index (χ4v) is 2.13. The lowest BCUT2D eigenvalue weighted by molar-refractivity contribution is 0.620. The predicted molar refractivity (Wildman–Crippen MR) is 77.2 cm³/mol. The van der Waals surface area contributed by atoms with Gasteiger partial charge in [0, 0.05) is 0 Å². The van der Waals surface area contributed by atoms with Gasteiger partial charge in [0.05, 0.1) is 16.1 Å². The molecule has 7 heteroatoms. The normalized spacial score (nSPS) is 13.9. The van der Waals surface area contributed by atoms with Gasteiger partial charge in [-0.2, -0.15) is 10.2 Å². The van der Waals surface area contributed by atoms with Gasteiger partial charge in [-0.3, -0.25) is 10.9 Å². The number of halogens is 3. The Labute approximate surface area is 124 Å². The third kappa shape index (κ3) is 2.57. The van der Waals surface area contributed by atoms with E-state index in [0.717, 1.165) is 0 Å². The standard InChI is InChI=1S/C14H9ClF2N4/c15-9-5-3-7-11(17)12(9)14-20-18-13(19-21-14)8-4-1-2-6-10(8)16/h1-7H,(H,18,19)(H,20,21). The second-order valence-corrected chi connectivity index (χ2v) is 4.63. The van der Waals surface area contributed by atoms with Gasteiger partial charge in [0.2, 0.25) is 0 Å². The summed E-state index contributed by atoms with van der Waals surface area (Å²) in [5.74, 6) is -0.643. The Hall–Kier alpha value is -2.47. The van der Waals surface area contributed by atoms with E-state index in [9.17, 15) is 8.78 Å². The molecule has 1 aliphatic rings. The molecule has 2 N–H and O–H groups in total. The summed E-state index contributed by atoms with van der Waals surface area (Å²) in [4.78, 5) is 0. The minimum absolute atomic E-state index is 0.100. The summed E-state index contributed by atoms with van der Waals surface area (Å²) >= 11 is 5.94. The molecule has 0 fully saturated rings. The van der Waals surface area contributed by atoms with E-state index in [0.29, 0.717) is 0 Å². The summed E-state index contributed by atoms with van der Waals surface area (Å²) < 4.78 is 27.4. The molecule has 0 aromatic heterocycles. The zero-order valence-electron chi connectivity index (χ0n) is 10.6. The number of amidine groups is 2. The minimum Gasteiger partial charge on any atom is -0.257 e. The Kier molecular flexibility index (Phi) is 3.53. The van der Waals surface area contributed by atoms with Crippen LogP contribution in [0.5, 0.6) is 0 Å². The quantitative estimate of drug-likeness (QED) is 0.896. The Morgan fingerprint density at radius 2 is 1.48 bits per heavy atom. The first-order valence-electron chi connectivity index (χ1n) is 6.03. The number of nitrogens with one attached hydrogen (secondary N) is 2. The molecule has 21 heavy (non-hydrogen) atoms. The highest BCUT2D eigenvalue weighted by Crippen LogP contribution is 2.19. The molecule has 2 aromatic rings. The largest absolute Gasteiger partial charge is 0.257 e. The van der Waals surface area contributed by atoms with Crippen LogP contribution in [-0.2, 0) is 0 Å².